The van der Waals surface area contributed by atoms with Gasteiger partial charge in [-0.05, 0) is 55.7 Å². The number of anilines is 1. The van der Waals surface area contributed by atoms with Crippen molar-refractivity contribution in [1.29, 1.82) is 0 Å². The van der Waals surface area contributed by atoms with Crippen LogP contribution in [0, 0.1) is 5.92 Å². The molecule has 1 aliphatic heterocycles. The molecule has 3 rings (SSSR count). The summed E-state index contributed by atoms with van der Waals surface area (Å²) in [7, 11) is 1.62. The summed E-state index contributed by atoms with van der Waals surface area (Å²) >= 11 is 0. The third-order valence-corrected chi connectivity index (χ3v) is 5.06. The molecule has 0 bridgehead atoms. The molecule has 0 fully saturated rings. The summed E-state index contributed by atoms with van der Waals surface area (Å²) in [5.41, 5.74) is 1.61. The van der Waals surface area contributed by atoms with Crippen molar-refractivity contribution in [3.05, 3.63) is 66.2 Å². The predicted octanol–water partition coefficient (Wildman–Crippen LogP) is 3.48. The maximum atomic E-state index is 12.9. The van der Waals surface area contributed by atoms with Crippen LogP contribution in [0.3, 0.4) is 0 Å². The molecular formula is C23H28N2O5. The van der Waals surface area contributed by atoms with Crippen molar-refractivity contribution in [1.82, 2.24) is 4.98 Å². The fraction of sp³-hybridized carbons (Fsp3) is 0.391. The van der Waals surface area contributed by atoms with Gasteiger partial charge in [0.2, 0.25) is 6.29 Å². The van der Waals surface area contributed by atoms with Crippen molar-refractivity contribution in [3.8, 4) is 5.75 Å². The van der Waals surface area contributed by atoms with E-state index in [1.807, 2.05) is 37.3 Å². The minimum absolute atomic E-state index is 0.0413. The molecule has 30 heavy (non-hydrogen) atoms. The first-order chi connectivity index (χ1) is 14.7. The van der Waals surface area contributed by atoms with E-state index in [9.17, 15) is 9.90 Å². The number of allylic oxidation sites excluding steroid dienone is 1. The number of amides is 1. The number of methoxy groups -OCH3 is 1. The highest BCUT2D eigenvalue weighted by Gasteiger charge is 2.37. The summed E-state index contributed by atoms with van der Waals surface area (Å²) in [6, 6.07) is 11.3. The predicted molar refractivity (Wildman–Crippen MR) is 113 cm³/mol. The molecule has 0 saturated carbocycles. The van der Waals surface area contributed by atoms with Crippen LogP contribution in [-0.4, -0.2) is 42.6 Å². The van der Waals surface area contributed by atoms with Crippen LogP contribution < -0.4 is 10.1 Å². The maximum Gasteiger partial charge on any atom is 0.290 e. The Morgan fingerprint density at radius 3 is 2.70 bits per heavy atom. The molecule has 3 atom stereocenters. The van der Waals surface area contributed by atoms with E-state index in [1.54, 1.807) is 31.6 Å². The first-order valence-electron chi connectivity index (χ1n) is 10.1. The Kier molecular flexibility index (Phi) is 7.82. The number of nitrogens with zero attached hydrogens (tertiary/aromatic N) is 1. The van der Waals surface area contributed by atoms with Crippen molar-refractivity contribution in [3.63, 3.8) is 0 Å². The van der Waals surface area contributed by atoms with Crippen LogP contribution in [-0.2, 0) is 14.3 Å². The number of aromatic nitrogens is 1. The standard InChI is InChI=1S/C23H28N2O5/c1-3-29-23-19(7-5-13-26)20(16-8-10-18(28-2)11-9-16)14-21(30-23)22(27)25-17-6-4-12-24-15-17/h4,6,8-12,14-15,19-20,23,26H,3,5,7,13H2,1-2H3,(H,25,27)/t19-,20+,23+/m0/s1. The second-order valence-electron chi connectivity index (χ2n) is 7.00. The summed E-state index contributed by atoms with van der Waals surface area (Å²) in [5, 5.41) is 12.2. The van der Waals surface area contributed by atoms with Crippen LogP contribution in [0.25, 0.3) is 0 Å². The van der Waals surface area contributed by atoms with E-state index in [2.05, 4.69) is 10.3 Å². The molecule has 7 nitrogen and oxygen atoms in total. The van der Waals surface area contributed by atoms with Crippen LogP contribution in [0.15, 0.2) is 60.6 Å². The SMILES string of the molecule is CCO[C@@H]1OC(C(=O)Nc2cccnc2)=C[C@H](c2ccc(OC)cc2)[C@@H]1CCCO. The second-order valence-corrected chi connectivity index (χ2v) is 7.00. The molecule has 2 N–H and O–H groups in total. The van der Waals surface area contributed by atoms with Crippen molar-refractivity contribution in [2.45, 2.75) is 32.0 Å². The van der Waals surface area contributed by atoms with Crippen LogP contribution in [0.2, 0.25) is 0 Å². The highest BCUT2D eigenvalue weighted by atomic mass is 16.7. The summed E-state index contributed by atoms with van der Waals surface area (Å²) in [6.07, 6.45) is 5.79. The number of ether oxygens (including phenoxy) is 3. The van der Waals surface area contributed by atoms with Gasteiger partial charge in [0.15, 0.2) is 5.76 Å². The van der Waals surface area contributed by atoms with E-state index in [4.69, 9.17) is 14.2 Å². The fourth-order valence-electron chi connectivity index (χ4n) is 3.60. The molecule has 2 heterocycles. The zero-order valence-electron chi connectivity index (χ0n) is 17.3. The van der Waals surface area contributed by atoms with Gasteiger partial charge in [-0.15, -0.1) is 0 Å². The minimum Gasteiger partial charge on any atom is -0.497 e. The summed E-state index contributed by atoms with van der Waals surface area (Å²) in [4.78, 5) is 16.9. The third-order valence-electron chi connectivity index (χ3n) is 5.06. The second kappa shape index (κ2) is 10.8. The lowest BCUT2D eigenvalue weighted by Crippen LogP contribution is -2.37. The summed E-state index contributed by atoms with van der Waals surface area (Å²) in [5.74, 6) is 0.464. The van der Waals surface area contributed by atoms with Gasteiger partial charge in [-0.3, -0.25) is 9.78 Å². The zero-order chi connectivity index (χ0) is 21.3. The van der Waals surface area contributed by atoms with Gasteiger partial charge in [0.25, 0.3) is 5.91 Å². The summed E-state index contributed by atoms with van der Waals surface area (Å²) in [6.45, 7) is 2.43. The zero-order valence-corrected chi connectivity index (χ0v) is 17.3. The lowest BCUT2D eigenvalue weighted by molar-refractivity contribution is -0.165. The third kappa shape index (κ3) is 5.37. The van der Waals surface area contributed by atoms with Gasteiger partial charge in [0.05, 0.1) is 19.0 Å². The van der Waals surface area contributed by atoms with Gasteiger partial charge < -0.3 is 24.6 Å². The van der Waals surface area contributed by atoms with E-state index in [-0.39, 0.29) is 30.1 Å². The van der Waals surface area contributed by atoms with E-state index in [0.29, 0.717) is 25.1 Å². The normalized spacial score (nSPS) is 20.8. The number of nitrogens with one attached hydrogen (secondary N) is 1. The number of aliphatic hydroxyl groups excluding tert-OH is 1. The Balaban J connectivity index is 1.92. The highest BCUT2D eigenvalue weighted by molar-refractivity contribution is 6.02. The minimum atomic E-state index is -0.590. The largest absolute Gasteiger partial charge is 0.497 e. The first-order valence-corrected chi connectivity index (χ1v) is 10.1. The molecule has 7 heteroatoms. The van der Waals surface area contributed by atoms with E-state index in [1.165, 1.54) is 0 Å². The lowest BCUT2D eigenvalue weighted by atomic mass is 9.80. The average Bonchev–Trinajstić information content (AvgIpc) is 2.78. The van der Waals surface area contributed by atoms with Gasteiger partial charge in [-0.2, -0.15) is 0 Å². The Labute approximate surface area is 176 Å². The fourth-order valence-corrected chi connectivity index (χ4v) is 3.60. The van der Waals surface area contributed by atoms with Crippen LogP contribution in [0.4, 0.5) is 5.69 Å². The maximum absolute atomic E-state index is 12.9. The molecule has 0 radical (unpaired) electrons. The topological polar surface area (TPSA) is 89.9 Å². The molecule has 1 aliphatic rings. The van der Waals surface area contributed by atoms with Gasteiger partial charge in [-0.25, -0.2) is 0 Å². The number of rotatable bonds is 9. The molecule has 1 aromatic heterocycles. The monoisotopic (exact) mass is 412 g/mol. The van der Waals surface area contributed by atoms with E-state index >= 15 is 0 Å². The molecule has 0 aliphatic carbocycles. The first kappa shape index (κ1) is 21.8. The van der Waals surface area contributed by atoms with Gasteiger partial charge in [0, 0.05) is 31.2 Å². The number of hydrogen-bond acceptors (Lipinski definition) is 6. The van der Waals surface area contributed by atoms with Crippen molar-refractivity contribution >= 4 is 11.6 Å². The Morgan fingerprint density at radius 1 is 1.27 bits per heavy atom. The quantitative estimate of drug-likeness (QED) is 0.655. The number of carbonyl (C=O) groups is 1. The molecule has 1 aromatic carbocycles. The van der Waals surface area contributed by atoms with Crippen LogP contribution in [0.5, 0.6) is 5.75 Å². The Bertz CT molecular complexity index is 838. The molecule has 0 unspecified atom stereocenters. The number of carbonyl (C=O) groups excluding carboxylic acids is 1. The highest BCUT2D eigenvalue weighted by Crippen LogP contribution is 2.40. The number of benzene rings is 1. The lowest BCUT2D eigenvalue weighted by Gasteiger charge is -2.37. The molecule has 2 aromatic rings. The molecular weight excluding hydrogens is 384 g/mol. The Hall–Kier alpha value is -2.90. The average molecular weight is 412 g/mol. The van der Waals surface area contributed by atoms with Crippen LogP contribution in [0.1, 0.15) is 31.2 Å². The van der Waals surface area contributed by atoms with Gasteiger partial charge >= 0.3 is 0 Å². The molecule has 160 valence electrons. The Morgan fingerprint density at radius 2 is 2.07 bits per heavy atom. The number of hydrogen-bond donors (Lipinski definition) is 2. The van der Waals surface area contributed by atoms with Gasteiger partial charge in [-0.1, -0.05) is 12.1 Å². The van der Waals surface area contributed by atoms with Crippen molar-refractivity contribution in [2.24, 2.45) is 5.92 Å². The molecule has 0 spiro atoms. The van der Waals surface area contributed by atoms with E-state index in [0.717, 1.165) is 11.3 Å². The number of aliphatic hydroxyl groups is 1. The van der Waals surface area contributed by atoms with Gasteiger partial charge in [0.1, 0.15) is 5.75 Å². The van der Waals surface area contributed by atoms with Crippen molar-refractivity contribution < 1.29 is 24.1 Å². The van der Waals surface area contributed by atoms with Crippen molar-refractivity contribution in [2.75, 3.05) is 25.6 Å². The summed E-state index contributed by atoms with van der Waals surface area (Å²) < 4.78 is 17.1. The van der Waals surface area contributed by atoms with E-state index < -0.39 is 6.29 Å². The van der Waals surface area contributed by atoms with Crippen LogP contribution >= 0.6 is 0 Å². The molecule has 0 saturated heterocycles. The number of pyridine rings is 1. The smallest absolute Gasteiger partial charge is 0.290 e. The molecule has 1 amide bonds.